The Balaban J connectivity index is 2.45. The van der Waals surface area contributed by atoms with E-state index >= 15 is 0 Å². The third-order valence-corrected chi connectivity index (χ3v) is 2.93. The third kappa shape index (κ3) is 2.11. The first-order valence-electron chi connectivity index (χ1n) is 5.22. The number of benzene rings is 1. The number of aryl methyl sites for hydroxylation is 1. The summed E-state index contributed by atoms with van der Waals surface area (Å²) >= 11 is 3.41. The van der Waals surface area contributed by atoms with E-state index in [1.54, 1.807) is 0 Å². The molecule has 0 saturated carbocycles. The van der Waals surface area contributed by atoms with Gasteiger partial charge in [-0.25, -0.2) is 0 Å². The van der Waals surface area contributed by atoms with E-state index in [0.29, 0.717) is 5.82 Å². The second-order valence-corrected chi connectivity index (χ2v) is 4.54. The highest BCUT2D eigenvalue weighted by Crippen LogP contribution is 2.31. The highest BCUT2D eigenvalue weighted by molar-refractivity contribution is 9.10. The van der Waals surface area contributed by atoms with Crippen molar-refractivity contribution >= 4 is 21.7 Å². The molecule has 2 N–H and O–H groups in total. The molecule has 0 aliphatic carbocycles. The summed E-state index contributed by atoms with van der Waals surface area (Å²) in [5, 5.41) is 3.83. The largest absolute Gasteiger partial charge is 0.380 e. The van der Waals surface area contributed by atoms with E-state index in [1.807, 2.05) is 24.3 Å². The molecule has 0 saturated heterocycles. The van der Waals surface area contributed by atoms with Crippen LogP contribution in [-0.2, 0) is 6.42 Å². The van der Waals surface area contributed by atoms with Crippen molar-refractivity contribution in [3.63, 3.8) is 0 Å². The second-order valence-electron chi connectivity index (χ2n) is 3.62. The zero-order chi connectivity index (χ0) is 11.5. The van der Waals surface area contributed by atoms with Crippen molar-refractivity contribution in [3.05, 3.63) is 34.5 Å². The lowest BCUT2D eigenvalue weighted by Gasteiger charge is -2.01. The van der Waals surface area contributed by atoms with Crippen molar-refractivity contribution in [2.45, 2.75) is 19.8 Å². The number of nitrogen functional groups attached to an aromatic ring is 1. The average molecular weight is 281 g/mol. The Morgan fingerprint density at radius 3 is 2.62 bits per heavy atom. The Hall–Kier alpha value is -1.29. The fraction of sp³-hybridized carbons (Fsp3) is 0.250. The molecule has 0 amide bonds. The maximum atomic E-state index is 5.83. The number of rotatable bonds is 3. The summed E-state index contributed by atoms with van der Waals surface area (Å²) in [6, 6.07) is 7.98. The molecule has 0 aliphatic heterocycles. The molecule has 1 aromatic heterocycles. The molecular weight excluding hydrogens is 268 g/mol. The smallest absolute Gasteiger partial charge is 0.175 e. The third-order valence-electron chi connectivity index (χ3n) is 2.40. The molecule has 0 spiro atoms. The van der Waals surface area contributed by atoms with Crippen molar-refractivity contribution < 1.29 is 4.52 Å². The van der Waals surface area contributed by atoms with E-state index < -0.39 is 0 Å². The van der Waals surface area contributed by atoms with Gasteiger partial charge in [0, 0.05) is 10.9 Å². The number of halogens is 1. The van der Waals surface area contributed by atoms with E-state index in [9.17, 15) is 0 Å². The summed E-state index contributed by atoms with van der Waals surface area (Å²) in [5.74, 6) is 1.33. The van der Waals surface area contributed by atoms with E-state index in [1.165, 1.54) is 0 Å². The van der Waals surface area contributed by atoms with Crippen LogP contribution in [0.25, 0.3) is 11.1 Å². The van der Waals surface area contributed by atoms with Crippen LogP contribution >= 0.6 is 15.9 Å². The van der Waals surface area contributed by atoms with E-state index in [-0.39, 0.29) is 0 Å². The van der Waals surface area contributed by atoms with Crippen LogP contribution in [-0.4, -0.2) is 5.16 Å². The number of anilines is 1. The molecule has 0 atom stereocenters. The second kappa shape index (κ2) is 4.70. The lowest BCUT2D eigenvalue weighted by atomic mass is 10.0. The van der Waals surface area contributed by atoms with Crippen LogP contribution in [0.15, 0.2) is 33.3 Å². The maximum absolute atomic E-state index is 5.83. The van der Waals surface area contributed by atoms with Crippen molar-refractivity contribution in [1.82, 2.24) is 5.16 Å². The summed E-state index contributed by atoms with van der Waals surface area (Å²) in [5.41, 5.74) is 7.80. The van der Waals surface area contributed by atoms with Gasteiger partial charge in [-0.2, -0.15) is 0 Å². The van der Waals surface area contributed by atoms with Crippen molar-refractivity contribution in [1.29, 1.82) is 0 Å². The lowest BCUT2D eigenvalue weighted by Crippen LogP contribution is -1.90. The van der Waals surface area contributed by atoms with Crippen molar-refractivity contribution in [2.24, 2.45) is 0 Å². The monoisotopic (exact) mass is 280 g/mol. The van der Waals surface area contributed by atoms with Crippen LogP contribution in [0.3, 0.4) is 0 Å². The molecule has 1 aromatic carbocycles. The predicted molar refractivity (Wildman–Crippen MR) is 68.0 cm³/mol. The molecule has 0 unspecified atom stereocenters. The van der Waals surface area contributed by atoms with Gasteiger partial charge in [0.05, 0.1) is 5.56 Å². The zero-order valence-electron chi connectivity index (χ0n) is 9.03. The van der Waals surface area contributed by atoms with Gasteiger partial charge in [0.1, 0.15) is 5.76 Å². The summed E-state index contributed by atoms with van der Waals surface area (Å²) in [4.78, 5) is 0. The number of aromatic nitrogens is 1. The first kappa shape index (κ1) is 11.2. The summed E-state index contributed by atoms with van der Waals surface area (Å²) in [7, 11) is 0. The molecule has 2 rings (SSSR count). The zero-order valence-corrected chi connectivity index (χ0v) is 10.6. The average Bonchev–Trinajstić information content (AvgIpc) is 2.62. The Bertz CT molecular complexity index is 476. The summed E-state index contributed by atoms with van der Waals surface area (Å²) in [6.07, 6.45) is 1.87. The van der Waals surface area contributed by atoms with Gasteiger partial charge < -0.3 is 10.3 Å². The predicted octanol–water partition coefficient (Wildman–Crippen LogP) is 3.64. The van der Waals surface area contributed by atoms with Crippen LogP contribution < -0.4 is 5.73 Å². The molecular formula is C12H13BrN2O. The first-order chi connectivity index (χ1) is 7.72. The Labute approximate surface area is 103 Å². The Kier molecular flexibility index (Phi) is 3.29. The molecule has 0 radical (unpaired) electrons. The normalized spacial score (nSPS) is 10.6. The topological polar surface area (TPSA) is 52.0 Å². The molecule has 4 heteroatoms. The number of nitrogens with zero attached hydrogens (tertiary/aromatic N) is 1. The highest BCUT2D eigenvalue weighted by atomic mass is 79.9. The molecule has 84 valence electrons. The van der Waals surface area contributed by atoms with Crippen LogP contribution in [0.5, 0.6) is 0 Å². The molecule has 0 aliphatic rings. The highest BCUT2D eigenvalue weighted by Gasteiger charge is 2.14. The fourth-order valence-corrected chi connectivity index (χ4v) is 1.93. The van der Waals surface area contributed by atoms with E-state index in [4.69, 9.17) is 10.3 Å². The summed E-state index contributed by atoms with van der Waals surface area (Å²) in [6.45, 7) is 2.10. The molecule has 2 aromatic rings. The van der Waals surface area contributed by atoms with E-state index in [0.717, 1.165) is 34.2 Å². The van der Waals surface area contributed by atoms with Gasteiger partial charge in [-0.15, -0.1) is 0 Å². The molecule has 0 fully saturated rings. The van der Waals surface area contributed by atoms with Gasteiger partial charge in [-0.3, -0.25) is 0 Å². The fourth-order valence-electron chi connectivity index (χ4n) is 1.66. The number of hydrogen-bond donors (Lipinski definition) is 1. The van der Waals surface area contributed by atoms with Gasteiger partial charge in [0.25, 0.3) is 0 Å². The minimum atomic E-state index is 0.464. The summed E-state index contributed by atoms with van der Waals surface area (Å²) < 4.78 is 6.28. The molecule has 16 heavy (non-hydrogen) atoms. The van der Waals surface area contributed by atoms with Gasteiger partial charge in [-0.05, 0) is 24.1 Å². The van der Waals surface area contributed by atoms with E-state index in [2.05, 4.69) is 28.0 Å². The SMILES string of the molecule is CCCc1onc(N)c1-c1ccc(Br)cc1. The number of nitrogens with two attached hydrogens (primary N) is 1. The molecule has 0 bridgehead atoms. The first-order valence-corrected chi connectivity index (χ1v) is 6.01. The minimum Gasteiger partial charge on any atom is -0.380 e. The van der Waals surface area contributed by atoms with Gasteiger partial charge in [0.2, 0.25) is 0 Å². The van der Waals surface area contributed by atoms with Crippen LogP contribution in [0.4, 0.5) is 5.82 Å². The van der Waals surface area contributed by atoms with Gasteiger partial charge in [-0.1, -0.05) is 40.1 Å². The number of hydrogen-bond acceptors (Lipinski definition) is 3. The van der Waals surface area contributed by atoms with Gasteiger partial charge >= 0.3 is 0 Å². The molecule has 1 heterocycles. The molecule has 3 nitrogen and oxygen atoms in total. The van der Waals surface area contributed by atoms with Gasteiger partial charge in [0.15, 0.2) is 5.82 Å². The lowest BCUT2D eigenvalue weighted by molar-refractivity contribution is 0.385. The van der Waals surface area contributed by atoms with Crippen LogP contribution in [0.1, 0.15) is 19.1 Å². The van der Waals surface area contributed by atoms with Crippen molar-refractivity contribution in [2.75, 3.05) is 5.73 Å². The minimum absolute atomic E-state index is 0.464. The quantitative estimate of drug-likeness (QED) is 0.934. The van der Waals surface area contributed by atoms with Crippen molar-refractivity contribution in [3.8, 4) is 11.1 Å². The van der Waals surface area contributed by atoms with Crippen LogP contribution in [0, 0.1) is 0 Å². The Morgan fingerprint density at radius 2 is 2.00 bits per heavy atom. The maximum Gasteiger partial charge on any atom is 0.175 e. The van der Waals surface area contributed by atoms with Crippen LogP contribution in [0.2, 0.25) is 0 Å². The Morgan fingerprint density at radius 1 is 1.31 bits per heavy atom. The standard InChI is InChI=1S/C12H13BrN2O/c1-2-3-10-11(12(14)15-16-10)8-4-6-9(13)7-5-8/h4-7H,2-3H2,1H3,(H2,14,15).